The fraction of sp³-hybridized carbons (Fsp3) is 0.545. The van der Waals surface area contributed by atoms with Gasteiger partial charge in [-0.3, -0.25) is 0 Å². The Bertz CT molecular complexity index is 537. The van der Waals surface area contributed by atoms with Crippen LogP contribution in [0.3, 0.4) is 0 Å². The molecule has 0 aliphatic carbocycles. The van der Waals surface area contributed by atoms with Gasteiger partial charge in [-0.25, -0.2) is 4.98 Å². The monoisotopic (exact) mass is 319 g/mol. The maximum absolute atomic E-state index is 5.53. The fourth-order valence-corrected chi connectivity index (χ4v) is 3.53. The van der Waals surface area contributed by atoms with Crippen LogP contribution in [0.5, 0.6) is 0 Å². The van der Waals surface area contributed by atoms with E-state index in [1.165, 1.54) is 4.88 Å². The molecule has 5 nitrogen and oxygen atoms in total. The molecule has 8 heteroatoms. The van der Waals surface area contributed by atoms with Gasteiger partial charge in [-0.15, -0.1) is 33.9 Å². The standard InChI is InChI=1S/C11H17N5S2.ClH/c1-7-9(13-8(2)18-7)6-17-11-15-14-10(4-5-12)16(11)3;/h4-6,12H2,1-3H3;1H. The van der Waals surface area contributed by atoms with Crippen molar-refractivity contribution >= 4 is 35.5 Å². The topological polar surface area (TPSA) is 69.6 Å². The molecule has 2 N–H and O–H groups in total. The molecule has 0 radical (unpaired) electrons. The number of halogens is 1. The Hall–Kier alpha value is -0.630. The zero-order valence-electron chi connectivity index (χ0n) is 11.2. The summed E-state index contributed by atoms with van der Waals surface area (Å²) in [6, 6.07) is 0. The molecule has 19 heavy (non-hydrogen) atoms. The first kappa shape index (κ1) is 16.4. The molecule has 0 saturated heterocycles. The summed E-state index contributed by atoms with van der Waals surface area (Å²) in [5, 5.41) is 10.4. The predicted octanol–water partition coefficient (Wildman–Crippen LogP) is 2.10. The van der Waals surface area contributed by atoms with Crippen molar-refractivity contribution in [3.05, 3.63) is 21.4 Å². The van der Waals surface area contributed by atoms with Crippen LogP contribution >= 0.6 is 35.5 Å². The molecule has 0 spiro atoms. The number of nitrogens with two attached hydrogens (primary N) is 1. The van der Waals surface area contributed by atoms with Gasteiger partial charge in [0.25, 0.3) is 0 Å². The van der Waals surface area contributed by atoms with Crippen LogP contribution in [-0.4, -0.2) is 26.3 Å². The second kappa shape index (κ2) is 7.23. The summed E-state index contributed by atoms with van der Waals surface area (Å²) >= 11 is 3.41. The highest BCUT2D eigenvalue weighted by Gasteiger charge is 2.11. The van der Waals surface area contributed by atoms with E-state index in [0.29, 0.717) is 6.54 Å². The second-order valence-corrected chi connectivity index (χ2v) is 6.37. The van der Waals surface area contributed by atoms with E-state index in [1.54, 1.807) is 23.1 Å². The third kappa shape index (κ3) is 3.92. The quantitative estimate of drug-likeness (QED) is 0.855. The van der Waals surface area contributed by atoms with Gasteiger partial charge in [0.05, 0.1) is 10.7 Å². The van der Waals surface area contributed by atoms with Crippen LogP contribution in [0.25, 0.3) is 0 Å². The van der Waals surface area contributed by atoms with Crippen LogP contribution in [0, 0.1) is 13.8 Å². The number of rotatable bonds is 5. The minimum atomic E-state index is 0. The molecule has 2 rings (SSSR count). The van der Waals surface area contributed by atoms with Gasteiger partial charge in [-0.2, -0.15) is 0 Å². The van der Waals surface area contributed by atoms with Crippen molar-refractivity contribution in [1.82, 2.24) is 19.7 Å². The smallest absolute Gasteiger partial charge is 0.191 e. The lowest BCUT2D eigenvalue weighted by molar-refractivity contribution is 0.727. The Kier molecular flexibility index (Phi) is 6.25. The zero-order valence-corrected chi connectivity index (χ0v) is 13.7. The SMILES string of the molecule is Cc1nc(CSc2nnc(CCN)n2C)c(C)s1.Cl. The molecular formula is C11H18ClN5S2. The van der Waals surface area contributed by atoms with Gasteiger partial charge in [0.15, 0.2) is 5.16 Å². The summed E-state index contributed by atoms with van der Waals surface area (Å²) in [5.41, 5.74) is 6.67. The van der Waals surface area contributed by atoms with E-state index >= 15 is 0 Å². The first-order valence-corrected chi connectivity index (χ1v) is 7.56. The molecule has 0 amide bonds. The van der Waals surface area contributed by atoms with Crippen LogP contribution in [0.15, 0.2) is 5.16 Å². The van der Waals surface area contributed by atoms with Gasteiger partial charge in [0.1, 0.15) is 5.82 Å². The van der Waals surface area contributed by atoms with Crippen molar-refractivity contribution in [2.75, 3.05) is 6.54 Å². The molecular weight excluding hydrogens is 302 g/mol. The highest BCUT2D eigenvalue weighted by atomic mass is 35.5. The van der Waals surface area contributed by atoms with Crippen molar-refractivity contribution in [3.8, 4) is 0 Å². The third-order valence-corrected chi connectivity index (χ3v) is 4.59. The minimum absolute atomic E-state index is 0. The van der Waals surface area contributed by atoms with Gasteiger partial charge in [0.2, 0.25) is 0 Å². The average molecular weight is 320 g/mol. The van der Waals surface area contributed by atoms with Gasteiger partial charge < -0.3 is 10.3 Å². The number of aryl methyl sites for hydroxylation is 2. The largest absolute Gasteiger partial charge is 0.330 e. The van der Waals surface area contributed by atoms with E-state index < -0.39 is 0 Å². The van der Waals surface area contributed by atoms with Gasteiger partial charge in [-0.1, -0.05) is 11.8 Å². The second-order valence-electron chi connectivity index (χ2n) is 4.02. The molecule has 0 aliphatic rings. The molecule has 2 heterocycles. The molecule has 0 saturated carbocycles. The predicted molar refractivity (Wildman–Crippen MR) is 82.2 cm³/mol. The van der Waals surface area contributed by atoms with Crippen LogP contribution in [-0.2, 0) is 19.2 Å². The average Bonchev–Trinajstić information content (AvgIpc) is 2.82. The maximum Gasteiger partial charge on any atom is 0.191 e. The minimum Gasteiger partial charge on any atom is -0.330 e. The van der Waals surface area contributed by atoms with Crippen LogP contribution < -0.4 is 5.73 Å². The van der Waals surface area contributed by atoms with Gasteiger partial charge >= 0.3 is 0 Å². The summed E-state index contributed by atoms with van der Waals surface area (Å²) in [6.45, 7) is 4.74. The number of aromatic nitrogens is 4. The van der Waals surface area contributed by atoms with E-state index in [2.05, 4.69) is 22.1 Å². The number of nitrogens with zero attached hydrogens (tertiary/aromatic N) is 4. The first-order valence-electron chi connectivity index (χ1n) is 5.76. The lowest BCUT2D eigenvalue weighted by Gasteiger charge is -2.02. The van der Waals surface area contributed by atoms with Crippen LogP contribution in [0.4, 0.5) is 0 Å². The summed E-state index contributed by atoms with van der Waals surface area (Å²) in [6.07, 6.45) is 0.763. The molecule has 0 unspecified atom stereocenters. The number of hydrogen-bond acceptors (Lipinski definition) is 6. The van der Waals surface area contributed by atoms with Crippen molar-refractivity contribution in [2.45, 2.75) is 31.2 Å². The first-order chi connectivity index (χ1) is 8.61. The molecule has 106 valence electrons. The van der Waals surface area contributed by atoms with Crippen molar-refractivity contribution in [3.63, 3.8) is 0 Å². The van der Waals surface area contributed by atoms with E-state index in [-0.39, 0.29) is 12.4 Å². The molecule has 2 aromatic heterocycles. The molecule has 0 bridgehead atoms. The number of thiazole rings is 1. The molecule has 0 aromatic carbocycles. The summed E-state index contributed by atoms with van der Waals surface area (Å²) in [7, 11) is 1.98. The van der Waals surface area contributed by atoms with Crippen LogP contribution in [0.2, 0.25) is 0 Å². The summed E-state index contributed by atoms with van der Waals surface area (Å²) < 4.78 is 2.01. The molecule has 0 aliphatic heterocycles. The van der Waals surface area contributed by atoms with E-state index in [9.17, 15) is 0 Å². The Morgan fingerprint density at radius 3 is 2.63 bits per heavy atom. The lowest BCUT2D eigenvalue weighted by Crippen LogP contribution is -2.08. The van der Waals surface area contributed by atoms with E-state index in [4.69, 9.17) is 5.73 Å². The number of thioether (sulfide) groups is 1. The van der Waals surface area contributed by atoms with Gasteiger partial charge in [-0.05, 0) is 20.4 Å². The van der Waals surface area contributed by atoms with Crippen LogP contribution in [0.1, 0.15) is 21.4 Å². The Labute approximate surface area is 127 Å². The Balaban J connectivity index is 0.00000180. The highest BCUT2D eigenvalue weighted by molar-refractivity contribution is 7.98. The summed E-state index contributed by atoms with van der Waals surface area (Å²) in [4.78, 5) is 5.80. The molecule has 0 fully saturated rings. The molecule has 0 atom stereocenters. The summed E-state index contributed by atoms with van der Waals surface area (Å²) in [5.74, 6) is 1.77. The Morgan fingerprint density at radius 2 is 2.05 bits per heavy atom. The molecule has 2 aromatic rings. The van der Waals surface area contributed by atoms with E-state index in [0.717, 1.165) is 33.9 Å². The normalized spacial score (nSPS) is 10.5. The zero-order chi connectivity index (χ0) is 13.1. The van der Waals surface area contributed by atoms with Gasteiger partial charge in [0, 0.05) is 24.1 Å². The lowest BCUT2D eigenvalue weighted by atomic mass is 10.4. The third-order valence-electron chi connectivity index (χ3n) is 2.63. The fourth-order valence-electron chi connectivity index (χ4n) is 1.66. The van der Waals surface area contributed by atoms with E-state index in [1.807, 2.05) is 18.5 Å². The van der Waals surface area contributed by atoms with Crippen molar-refractivity contribution in [1.29, 1.82) is 0 Å². The maximum atomic E-state index is 5.53. The van der Waals surface area contributed by atoms with Crippen molar-refractivity contribution < 1.29 is 0 Å². The Morgan fingerprint density at radius 1 is 1.32 bits per heavy atom. The highest BCUT2D eigenvalue weighted by Crippen LogP contribution is 2.25. The number of hydrogen-bond donors (Lipinski definition) is 1. The van der Waals surface area contributed by atoms with Crippen molar-refractivity contribution in [2.24, 2.45) is 12.8 Å².